The molecule has 1 aliphatic rings. The Morgan fingerprint density at radius 3 is 2.29 bits per heavy atom. The minimum Gasteiger partial charge on any atom is -0.343 e. The van der Waals surface area contributed by atoms with Crippen LogP contribution in [0.1, 0.15) is 44.6 Å². The quantitative estimate of drug-likeness (QED) is 0.672. The first-order chi connectivity index (χ1) is 9.66. The van der Waals surface area contributed by atoms with Crippen molar-refractivity contribution < 1.29 is 9.59 Å². The first-order valence-corrected chi connectivity index (χ1v) is 7.20. The van der Waals surface area contributed by atoms with Crippen LogP contribution in [0, 0.1) is 13.8 Å². The molecule has 1 saturated heterocycles. The number of urea groups is 1. The Hall–Kier alpha value is -2.04. The largest absolute Gasteiger partial charge is 0.343 e. The van der Waals surface area contributed by atoms with Crippen molar-refractivity contribution in [2.24, 2.45) is 0 Å². The molecule has 1 N–H and O–H groups in total. The first-order valence-electron chi connectivity index (χ1n) is 7.20. The zero-order valence-corrected chi connectivity index (χ0v) is 13.6. The van der Waals surface area contributed by atoms with Crippen LogP contribution in [0.15, 0.2) is 11.8 Å². The summed E-state index contributed by atoms with van der Waals surface area (Å²) in [5, 5.41) is 2.64. The molecule has 1 aromatic rings. The molecule has 0 radical (unpaired) electrons. The highest BCUT2D eigenvalue weighted by Gasteiger charge is 2.32. The Kier molecular flexibility index (Phi) is 3.70. The molecule has 0 atom stereocenters. The number of amides is 3. The molecule has 114 valence electrons. The third kappa shape index (κ3) is 2.60. The lowest BCUT2D eigenvalue weighted by atomic mass is 10.1. The van der Waals surface area contributed by atoms with Crippen LogP contribution < -0.4 is 5.32 Å². The van der Waals surface area contributed by atoms with E-state index in [0.29, 0.717) is 12.2 Å². The predicted octanol–water partition coefficient (Wildman–Crippen LogP) is 2.77. The van der Waals surface area contributed by atoms with Gasteiger partial charge in [-0.05, 0) is 59.2 Å². The van der Waals surface area contributed by atoms with E-state index < -0.39 is 0 Å². The number of aromatic nitrogens is 1. The molecule has 0 unspecified atom stereocenters. The van der Waals surface area contributed by atoms with Crippen molar-refractivity contribution in [2.45, 2.75) is 47.1 Å². The van der Waals surface area contributed by atoms with Crippen LogP contribution in [0.25, 0.3) is 6.08 Å². The van der Waals surface area contributed by atoms with E-state index in [9.17, 15) is 9.59 Å². The van der Waals surface area contributed by atoms with Crippen molar-refractivity contribution in [3.63, 3.8) is 0 Å². The second kappa shape index (κ2) is 5.06. The number of rotatable bonds is 2. The highest BCUT2D eigenvalue weighted by Crippen LogP contribution is 2.26. The Morgan fingerprint density at radius 1 is 1.24 bits per heavy atom. The summed E-state index contributed by atoms with van der Waals surface area (Å²) in [4.78, 5) is 25.0. The summed E-state index contributed by atoms with van der Waals surface area (Å²) < 4.78 is 2.23. The van der Waals surface area contributed by atoms with E-state index in [0.717, 1.165) is 17.0 Å². The number of hydrogen-bond donors (Lipinski definition) is 1. The maximum absolute atomic E-state index is 12.1. The summed E-state index contributed by atoms with van der Waals surface area (Å²) in [6.45, 7) is 12.7. The summed E-state index contributed by atoms with van der Waals surface area (Å²) >= 11 is 0. The van der Waals surface area contributed by atoms with Crippen LogP contribution in [-0.2, 0) is 10.3 Å². The van der Waals surface area contributed by atoms with E-state index in [1.54, 1.807) is 13.0 Å². The minimum atomic E-state index is -0.349. The van der Waals surface area contributed by atoms with E-state index in [1.807, 2.05) is 19.9 Å². The van der Waals surface area contributed by atoms with Crippen molar-refractivity contribution in [2.75, 3.05) is 6.54 Å². The molecule has 2 heterocycles. The number of likely N-dealkylation sites (N-methyl/N-ethyl adjacent to an activating group) is 1. The monoisotopic (exact) mass is 289 g/mol. The minimum absolute atomic E-state index is 0.0245. The number of imide groups is 1. The first kappa shape index (κ1) is 15.4. The maximum Gasteiger partial charge on any atom is 0.328 e. The van der Waals surface area contributed by atoms with Crippen molar-refractivity contribution >= 4 is 18.0 Å². The fraction of sp³-hybridized carbons (Fsp3) is 0.500. The summed E-state index contributed by atoms with van der Waals surface area (Å²) in [7, 11) is 0. The van der Waals surface area contributed by atoms with Crippen LogP contribution in [0.4, 0.5) is 4.79 Å². The smallest absolute Gasteiger partial charge is 0.328 e. The van der Waals surface area contributed by atoms with Gasteiger partial charge in [0, 0.05) is 23.5 Å². The van der Waals surface area contributed by atoms with Crippen LogP contribution in [0.3, 0.4) is 0 Å². The lowest BCUT2D eigenvalue weighted by molar-refractivity contribution is -0.122. The molecule has 1 aliphatic heterocycles. The third-order valence-corrected chi connectivity index (χ3v) is 3.72. The lowest BCUT2D eigenvalue weighted by Crippen LogP contribution is -2.30. The highest BCUT2D eigenvalue weighted by molar-refractivity contribution is 6.13. The lowest BCUT2D eigenvalue weighted by Gasteiger charge is -2.25. The molecule has 2 rings (SSSR count). The molecule has 5 nitrogen and oxygen atoms in total. The Labute approximate surface area is 125 Å². The molecule has 0 saturated carbocycles. The SMILES string of the molecule is CCN1C(=O)N/C(=C/c2cc(C)n(C(C)(C)C)c2C)C1=O. The molecule has 1 aromatic heterocycles. The van der Waals surface area contributed by atoms with Gasteiger partial charge in [-0.2, -0.15) is 0 Å². The molecule has 21 heavy (non-hydrogen) atoms. The molecule has 5 heteroatoms. The summed E-state index contributed by atoms with van der Waals surface area (Å²) in [5.41, 5.74) is 3.50. The van der Waals surface area contributed by atoms with Gasteiger partial charge in [0.15, 0.2) is 0 Å². The fourth-order valence-corrected chi connectivity index (χ4v) is 2.98. The van der Waals surface area contributed by atoms with Crippen molar-refractivity contribution in [1.82, 2.24) is 14.8 Å². The normalized spacial score (nSPS) is 17.8. The summed E-state index contributed by atoms with van der Waals surface area (Å²) in [5.74, 6) is -0.261. The molecular weight excluding hydrogens is 266 g/mol. The van der Waals surface area contributed by atoms with Gasteiger partial charge >= 0.3 is 6.03 Å². The summed E-state index contributed by atoms with van der Waals surface area (Å²) in [6.07, 6.45) is 1.76. The molecule has 3 amide bonds. The molecule has 1 fully saturated rings. The van der Waals surface area contributed by atoms with Gasteiger partial charge in [-0.25, -0.2) is 4.79 Å². The molecule has 0 aromatic carbocycles. The average molecular weight is 289 g/mol. The van der Waals surface area contributed by atoms with E-state index in [1.165, 1.54) is 4.90 Å². The van der Waals surface area contributed by atoms with E-state index in [2.05, 4.69) is 30.7 Å². The predicted molar refractivity (Wildman–Crippen MR) is 82.8 cm³/mol. The van der Waals surface area contributed by atoms with Gasteiger partial charge in [-0.15, -0.1) is 0 Å². The molecule has 0 aliphatic carbocycles. The molecular formula is C16H23N3O2. The Bertz CT molecular complexity index is 633. The van der Waals surface area contributed by atoms with Crippen LogP contribution >= 0.6 is 0 Å². The number of hydrogen-bond acceptors (Lipinski definition) is 2. The molecule has 0 spiro atoms. The second-order valence-electron chi connectivity index (χ2n) is 6.37. The number of carbonyl (C=O) groups is 2. The van der Waals surface area contributed by atoms with Crippen molar-refractivity contribution in [3.05, 3.63) is 28.7 Å². The third-order valence-electron chi connectivity index (χ3n) is 3.72. The van der Waals surface area contributed by atoms with Gasteiger partial charge in [-0.3, -0.25) is 9.69 Å². The number of aryl methyl sites for hydroxylation is 1. The number of nitrogens with zero attached hydrogens (tertiary/aromatic N) is 2. The average Bonchev–Trinajstić information content (AvgIpc) is 2.77. The zero-order valence-electron chi connectivity index (χ0n) is 13.6. The van der Waals surface area contributed by atoms with Gasteiger partial charge in [0.25, 0.3) is 5.91 Å². The van der Waals surface area contributed by atoms with Crippen LogP contribution in [0.2, 0.25) is 0 Å². The van der Waals surface area contributed by atoms with Gasteiger partial charge in [-0.1, -0.05) is 0 Å². The second-order valence-corrected chi connectivity index (χ2v) is 6.37. The van der Waals surface area contributed by atoms with Crippen molar-refractivity contribution in [1.29, 1.82) is 0 Å². The number of nitrogens with one attached hydrogen (secondary N) is 1. The van der Waals surface area contributed by atoms with E-state index in [4.69, 9.17) is 0 Å². The van der Waals surface area contributed by atoms with Gasteiger partial charge in [0.1, 0.15) is 5.70 Å². The maximum atomic E-state index is 12.1. The highest BCUT2D eigenvalue weighted by atomic mass is 16.2. The van der Waals surface area contributed by atoms with Crippen LogP contribution in [-0.4, -0.2) is 28.0 Å². The summed E-state index contributed by atoms with van der Waals surface area (Å²) in [6, 6.07) is 1.69. The van der Waals surface area contributed by atoms with Gasteiger partial charge in [0.05, 0.1) is 0 Å². The molecule has 0 bridgehead atoms. The Balaban J connectivity index is 2.44. The Morgan fingerprint density at radius 2 is 1.86 bits per heavy atom. The van der Waals surface area contributed by atoms with Gasteiger partial charge in [0.2, 0.25) is 0 Å². The fourth-order valence-electron chi connectivity index (χ4n) is 2.98. The van der Waals surface area contributed by atoms with E-state index in [-0.39, 0.29) is 17.5 Å². The van der Waals surface area contributed by atoms with Gasteiger partial charge < -0.3 is 9.88 Å². The number of carbonyl (C=O) groups excluding carboxylic acids is 2. The van der Waals surface area contributed by atoms with Crippen LogP contribution in [0.5, 0.6) is 0 Å². The van der Waals surface area contributed by atoms with Crippen molar-refractivity contribution in [3.8, 4) is 0 Å². The standard InChI is InChI=1S/C16H23N3O2/c1-7-18-14(20)13(17-15(18)21)9-12-8-10(2)19(11(12)3)16(4,5)6/h8-9H,7H2,1-6H3,(H,17,21)/b13-9+. The van der Waals surface area contributed by atoms with E-state index >= 15 is 0 Å². The topological polar surface area (TPSA) is 54.3 Å². The zero-order chi connectivity index (χ0) is 15.9.